The Balaban J connectivity index is 2.01. The Hall–Kier alpha value is -2.86. The number of rotatable bonds is 4. The minimum absolute atomic E-state index is 0.212. The molecule has 0 saturated heterocycles. The summed E-state index contributed by atoms with van der Waals surface area (Å²) in [6, 6.07) is 5.72. The molecule has 140 valence electrons. The first-order valence-corrected chi connectivity index (χ1v) is 8.98. The van der Waals surface area contributed by atoms with E-state index in [1.165, 1.54) is 4.90 Å². The molecule has 0 atom stereocenters. The highest BCUT2D eigenvalue weighted by atomic mass is 16.5. The largest absolute Gasteiger partial charge is 0.497 e. The number of aryl methyl sites for hydroxylation is 2. The maximum absolute atomic E-state index is 13.2. The van der Waals surface area contributed by atoms with Gasteiger partial charge in [0.1, 0.15) is 5.75 Å². The number of hydrogen-bond donors (Lipinski definition) is 1. The number of benzene rings is 2. The fraction of sp³-hybridized carbons (Fsp3) is 0.333. The average molecular weight is 365 g/mol. The van der Waals surface area contributed by atoms with Crippen LogP contribution in [0.15, 0.2) is 18.2 Å². The third-order valence-electron chi connectivity index (χ3n) is 5.29. The van der Waals surface area contributed by atoms with Gasteiger partial charge in [0.15, 0.2) is 0 Å². The van der Waals surface area contributed by atoms with E-state index >= 15 is 0 Å². The van der Waals surface area contributed by atoms with Crippen LogP contribution < -0.4 is 4.74 Å². The summed E-state index contributed by atoms with van der Waals surface area (Å²) in [4.78, 5) is 32.9. The van der Waals surface area contributed by atoms with Crippen molar-refractivity contribution in [1.29, 1.82) is 0 Å². The average Bonchev–Trinajstić information content (AvgIpc) is 3.11. The first kappa shape index (κ1) is 17.5. The Labute approximate surface area is 157 Å². The van der Waals surface area contributed by atoms with E-state index in [0.29, 0.717) is 24.2 Å². The normalized spacial score (nSPS) is 14.1. The molecule has 2 amide bonds. The number of nitrogens with one attached hydrogen (secondary N) is 1. The number of aromatic nitrogens is 1. The second-order valence-electron chi connectivity index (χ2n) is 7.42. The van der Waals surface area contributed by atoms with E-state index in [0.717, 1.165) is 38.7 Å². The quantitative estimate of drug-likeness (QED) is 0.722. The summed E-state index contributed by atoms with van der Waals surface area (Å²) in [6.07, 6.45) is 0. The Bertz CT molecular complexity index is 1110. The van der Waals surface area contributed by atoms with E-state index in [2.05, 4.69) is 4.98 Å². The Morgan fingerprint density at radius 3 is 2.41 bits per heavy atom. The van der Waals surface area contributed by atoms with Crippen LogP contribution in [0.3, 0.4) is 0 Å². The summed E-state index contributed by atoms with van der Waals surface area (Å²) in [6.45, 7) is 4.98. The van der Waals surface area contributed by atoms with E-state index < -0.39 is 0 Å². The lowest BCUT2D eigenvalue weighted by Gasteiger charge is -2.16. The molecule has 0 spiro atoms. The van der Waals surface area contributed by atoms with Gasteiger partial charge in [0, 0.05) is 29.4 Å². The fourth-order valence-corrected chi connectivity index (χ4v) is 3.87. The fourth-order valence-electron chi connectivity index (χ4n) is 3.87. The van der Waals surface area contributed by atoms with Crippen molar-refractivity contribution in [3.63, 3.8) is 0 Å². The third kappa shape index (κ3) is 2.51. The van der Waals surface area contributed by atoms with Gasteiger partial charge in [0.25, 0.3) is 11.8 Å². The molecule has 0 bridgehead atoms. The van der Waals surface area contributed by atoms with Crippen LogP contribution in [0.4, 0.5) is 0 Å². The molecule has 0 aliphatic carbocycles. The molecule has 1 N–H and O–H groups in total. The molecule has 6 heteroatoms. The van der Waals surface area contributed by atoms with Gasteiger partial charge in [-0.2, -0.15) is 0 Å². The molecule has 1 aromatic heterocycles. The number of fused-ring (bicyclic) bond motifs is 5. The van der Waals surface area contributed by atoms with Crippen molar-refractivity contribution in [1.82, 2.24) is 14.8 Å². The monoisotopic (exact) mass is 365 g/mol. The van der Waals surface area contributed by atoms with Gasteiger partial charge in [-0.3, -0.25) is 14.5 Å². The van der Waals surface area contributed by atoms with Crippen molar-refractivity contribution in [3.05, 3.63) is 40.5 Å². The molecule has 0 radical (unpaired) electrons. The predicted molar refractivity (Wildman–Crippen MR) is 106 cm³/mol. The summed E-state index contributed by atoms with van der Waals surface area (Å²) in [5, 5.41) is 1.73. The number of carbonyl (C=O) groups excluding carboxylic acids is 2. The minimum Gasteiger partial charge on any atom is -0.497 e. The first-order chi connectivity index (χ1) is 12.8. The molecule has 6 nitrogen and oxygen atoms in total. The number of aromatic amines is 1. The summed E-state index contributed by atoms with van der Waals surface area (Å²) in [5.74, 6) is 0.302. The predicted octanol–water partition coefficient (Wildman–Crippen LogP) is 3.10. The van der Waals surface area contributed by atoms with Crippen molar-refractivity contribution in [2.24, 2.45) is 0 Å². The molecular weight excluding hydrogens is 342 g/mol. The van der Waals surface area contributed by atoms with Crippen LogP contribution in [0.2, 0.25) is 0 Å². The number of nitrogens with zero attached hydrogens (tertiary/aromatic N) is 2. The topological polar surface area (TPSA) is 65.6 Å². The molecule has 0 saturated carbocycles. The molecule has 2 heterocycles. The molecule has 3 aromatic rings. The lowest BCUT2D eigenvalue weighted by molar-refractivity contribution is 0.0645. The van der Waals surface area contributed by atoms with Gasteiger partial charge in [-0.05, 0) is 57.3 Å². The minimum atomic E-state index is -0.219. The maximum Gasteiger partial charge on any atom is 0.262 e. The number of methoxy groups -OCH3 is 1. The second-order valence-corrected chi connectivity index (χ2v) is 7.42. The molecule has 2 aromatic carbocycles. The SMILES string of the molecule is COc1cc(C)c2[nH]c3c(C)cc4c(c3c2c1)C(=O)N(CCN(C)C)C4=O. The van der Waals surface area contributed by atoms with Gasteiger partial charge in [-0.15, -0.1) is 0 Å². The standard InChI is InChI=1S/C21H23N3O3/c1-11-8-13(27-5)10-14-16-17-15(9-12(2)19(16)22-18(11)14)20(25)24(21(17)26)7-6-23(3)4/h8-10,22H,6-7H2,1-5H3. The van der Waals surface area contributed by atoms with Crippen molar-refractivity contribution in [3.8, 4) is 5.75 Å². The number of H-pyrrole nitrogens is 1. The van der Waals surface area contributed by atoms with Crippen LogP contribution in [-0.2, 0) is 0 Å². The van der Waals surface area contributed by atoms with E-state index in [9.17, 15) is 9.59 Å². The summed E-state index contributed by atoms with van der Waals surface area (Å²) in [7, 11) is 5.48. The highest BCUT2D eigenvalue weighted by Crippen LogP contribution is 2.39. The van der Waals surface area contributed by atoms with Crippen LogP contribution in [0, 0.1) is 13.8 Å². The zero-order valence-corrected chi connectivity index (χ0v) is 16.3. The van der Waals surface area contributed by atoms with Crippen LogP contribution in [0.5, 0.6) is 5.75 Å². The molecule has 27 heavy (non-hydrogen) atoms. The molecule has 0 fully saturated rings. The smallest absolute Gasteiger partial charge is 0.262 e. The third-order valence-corrected chi connectivity index (χ3v) is 5.29. The van der Waals surface area contributed by atoms with Crippen LogP contribution in [-0.4, -0.2) is 60.9 Å². The van der Waals surface area contributed by atoms with E-state index in [1.807, 2.05) is 51.0 Å². The second kappa shape index (κ2) is 6.09. The van der Waals surface area contributed by atoms with E-state index in [-0.39, 0.29) is 11.8 Å². The molecule has 0 unspecified atom stereocenters. The number of carbonyl (C=O) groups is 2. The lowest BCUT2D eigenvalue weighted by atomic mass is 9.98. The number of hydrogen-bond acceptors (Lipinski definition) is 4. The van der Waals surface area contributed by atoms with Crippen LogP contribution >= 0.6 is 0 Å². The molecular formula is C21H23N3O3. The molecule has 4 rings (SSSR count). The number of imide groups is 1. The van der Waals surface area contributed by atoms with Gasteiger partial charge in [-0.25, -0.2) is 0 Å². The Kier molecular flexibility index (Phi) is 3.96. The van der Waals surface area contributed by atoms with Gasteiger partial charge >= 0.3 is 0 Å². The van der Waals surface area contributed by atoms with Gasteiger partial charge in [0.2, 0.25) is 0 Å². The van der Waals surface area contributed by atoms with E-state index in [4.69, 9.17) is 4.74 Å². The first-order valence-electron chi connectivity index (χ1n) is 8.98. The number of ether oxygens (including phenoxy) is 1. The van der Waals surface area contributed by atoms with Crippen molar-refractivity contribution < 1.29 is 14.3 Å². The van der Waals surface area contributed by atoms with Crippen molar-refractivity contribution in [2.45, 2.75) is 13.8 Å². The highest BCUT2D eigenvalue weighted by molar-refractivity contribution is 6.30. The number of likely N-dealkylation sites (N-methyl/N-ethyl adjacent to an activating group) is 1. The summed E-state index contributed by atoms with van der Waals surface area (Å²) in [5.41, 5.74) is 4.84. The van der Waals surface area contributed by atoms with Crippen LogP contribution in [0.25, 0.3) is 21.8 Å². The summed E-state index contributed by atoms with van der Waals surface area (Å²) >= 11 is 0. The zero-order chi connectivity index (χ0) is 19.5. The summed E-state index contributed by atoms with van der Waals surface area (Å²) < 4.78 is 5.42. The van der Waals surface area contributed by atoms with Crippen molar-refractivity contribution >= 4 is 33.6 Å². The van der Waals surface area contributed by atoms with Gasteiger partial charge < -0.3 is 14.6 Å². The van der Waals surface area contributed by atoms with E-state index in [1.54, 1.807) is 7.11 Å². The van der Waals surface area contributed by atoms with Gasteiger partial charge in [0.05, 0.1) is 23.8 Å². The molecule has 1 aliphatic rings. The van der Waals surface area contributed by atoms with Gasteiger partial charge in [-0.1, -0.05) is 0 Å². The van der Waals surface area contributed by atoms with Crippen LogP contribution in [0.1, 0.15) is 31.8 Å². The Morgan fingerprint density at radius 2 is 1.74 bits per heavy atom. The lowest BCUT2D eigenvalue weighted by Crippen LogP contribution is -2.35. The molecule has 1 aliphatic heterocycles. The highest BCUT2D eigenvalue weighted by Gasteiger charge is 2.38. The maximum atomic E-state index is 13.2. The van der Waals surface area contributed by atoms with Crippen molar-refractivity contribution in [2.75, 3.05) is 34.3 Å². The number of amides is 2. The zero-order valence-electron chi connectivity index (χ0n) is 16.3. The Morgan fingerprint density at radius 1 is 1.04 bits per heavy atom.